The van der Waals surface area contributed by atoms with E-state index in [1.807, 2.05) is 6.92 Å². The molecule has 2 unspecified atom stereocenters. The summed E-state index contributed by atoms with van der Waals surface area (Å²) in [4.78, 5) is 11.5. The molecule has 0 saturated carbocycles. The molecule has 1 fully saturated rings. The fraction of sp³-hybridized carbons (Fsp3) is 0.733. The Labute approximate surface area is 131 Å². The number of aliphatic imine (C=N–C) groups is 1. The van der Waals surface area contributed by atoms with Crippen molar-refractivity contribution in [2.24, 2.45) is 10.7 Å². The van der Waals surface area contributed by atoms with Crippen LogP contribution in [0.1, 0.15) is 43.3 Å². The van der Waals surface area contributed by atoms with Crippen molar-refractivity contribution in [3.05, 3.63) is 16.1 Å². The standard InChI is InChI=1S/C15H27N5S/c1-4-20-7-5-6-13(20)9-18-15(16)17-8-11(2)14-19-12(3)10-21-14/h10-11,13H,4-9H2,1-3H3,(H3,16,17,18). The van der Waals surface area contributed by atoms with Crippen molar-refractivity contribution in [1.29, 1.82) is 0 Å². The number of rotatable bonds is 6. The molecule has 0 spiro atoms. The maximum atomic E-state index is 5.97. The zero-order valence-corrected chi connectivity index (χ0v) is 14.1. The van der Waals surface area contributed by atoms with Crippen LogP contribution in [0.25, 0.3) is 0 Å². The molecule has 21 heavy (non-hydrogen) atoms. The Hall–Kier alpha value is -1.14. The summed E-state index contributed by atoms with van der Waals surface area (Å²) >= 11 is 1.70. The Kier molecular flexibility index (Phi) is 5.99. The van der Waals surface area contributed by atoms with Crippen molar-refractivity contribution in [3.8, 4) is 0 Å². The van der Waals surface area contributed by atoms with Crippen LogP contribution < -0.4 is 11.1 Å². The van der Waals surface area contributed by atoms with Crippen LogP contribution in [0.5, 0.6) is 0 Å². The van der Waals surface area contributed by atoms with Crippen LogP contribution in [0.3, 0.4) is 0 Å². The number of hydrogen-bond acceptors (Lipinski definition) is 4. The van der Waals surface area contributed by atoms with Gasteiger partial charge in [0.1, 0.15) is 0 Å². The van der Waals surface area contributed by atoms with E-state index in [1.165, 1.54) is 19.4 Å². The van der Waals surface area contributed by atoms with Crippen molar-refractivity contribution in [2.75, 3.05) is 26.2 Å². The third kappa shape index (κ3) is 4.68. The Morgan fingerprint density at radius 2 is 2.48 bits per heavy atom. The average Bonchev–Trinajstić information content (AvgIpc) is 3.10. The fourth-order valence-electron chi connectivity index (χ4n) is 2.73. The van der Waals surface area contributed by atoms with E-state index in [1.54, 1.807) is 11.3 Å². The number of nitrogens with two attached hydrogens (primary N) is 1. The molecule has 2 atom stereocenters. The Balaban J connectivity index is 1.76. The predicted octanol–water partition coefficient (Wildman–Crippen LogP) is 1.94. The van der Waals surface area contributed by atoms with Crippen molar-refractivity contribution >= 4 is 17.3 Å². The number of aromatic nitrogens is 1. The second-order valence-corrected chi connectivity index (χ2v) is 6.65. The number of guanidine groups is 1. The summed E-state index contributed by atoms with van der Waals surface area (Å²) in [6, 6.07) is 0.600. The molecule has 1 saturated heterocycles. The van der Waals surface area contributed by atoms with Crippen LogP contribution in [0.4, 0.5) is 0 Å². The van der Waals surface area contributed by atoms with E-state index in [4.69, 9.17) is 5.73 Å². The minimum atomic E-state index is 0.322. The van der Waals surface area contributed by atoms with Crippen LogP contribution in [-0.4, -0.2) is 48.1 Å². The molecule has 0 bridgehead atoms. The fourth-order valence-corrected chi connectivity index (χ4v) is 3.58. The monoisotopic (exact) mass is 309 g/mol. The van der Waals surface area contributed by atoms with E-state index >= 15 is 0 Å². The molecular weight excluding hydrogens is 282 g/mol. The number of thiazole rings is 1. The lowest BCUT2D eigenvalue weighted by Gasteiger charge is -2.23. The minimum Gasteiger partial charge on any atom is -0.370 e. The van der Waals surface area contributed by atoms with Gasteiger partial charge in [0.15, 0.2) is 5.96 Å². The molecule has 1 aliphatic rings. The van der Waals surface area contributed by atoms with E-state index < -0.39 is 0 Å². The van der Waals surface area contributed by atoms with Gasteiger partial charge in [-0.2, -0.15) is 0 Å². The molecule has 3 N–H and O–H groups in total. The molecule has 2 heterocycles. The van der Waals surface area contributed by atoms with E-state index in [2.05, 4.69) is 39.4 Å². The van der Waals surface area contributed by atoms with Crippen LogP contribution in [-0.2, 0) is 0 Å². The highest BCUT2D eigenvalue weighted by Crippen LogP contribution is 2.19. The number of aryl methyl sites for hydroxylation is 1. The first-order valence-corrected chi connectivity index (χ1v) is 8.68. The maximum Gasteiger partial charge on any atom is 0.188 e. The third-order valence-electron chi connectivity index (χ3n) is 4.02. The number of hydrogen-bond donors (Lipinski definition) is 2. The lowest BCUT2D eigenvalue weighted by atomic mass is 10.2. The molecular formula is C15H27N5S. The molecule has 1 aromatic heterocycles. The normalized spacial score (nSPS) is 21.7. The van der Waals surface area contributed by atoms with Gasteiger partial charge in [-0.3, -0.25) is 9.89 Å². The summed E-state index contributed by atoms with van der Waals surface area (Å²) < 4.78 is 0. The molecule has 2 rings (SSSR count). The highest BCUT2D eigenvalue weighted by molar-refractivity contribution is 7.09. The van der Waals surface area contributed by atoms with Crippen LogP contribution in [0, 0.1) is 6.92 Å². The predicted molar refractivity (Wildman–Crippen MR) is 90.0 cm³/mol. The van der Waals surface area contributed by atoms with Gasteiger partial charge in [0, 0.05) is 29.6 Å². The summed E-state index contributed by atoms with van der Waals surface area (Å²) in [6.07, 6.45) is 2.54. The van der Waals surface area contributed by atoms with Gasteiger partial charge in [0.25, 0.3) is 0 Å². The van der Waals surface area contributed by atoms with Crippen molar-refractivity contribution in [3.63, 3.8) is 0 Å². The number of nitrogens with zero attached hydrogens (tertiary/aromatic N) is 3. The Morgan fingerprint density at radius 3 is 3.14 bits per heavy atom. The molecule has 5 nitrogen and oxygen atoms in total. The SMILES string of the molecule is CCN1CCCC1CNC(N)=NCC(C)c1nc(C)cs1. The molecule has 0 aliphatic carbocycles. The maximum absolute atomic E-state index is 5.97. The van der Waals surface area contributed by atoms with Crippen LogP contribution >= 0.6 is 11.3 Å². The molecule has 1 aromatic rings. The van der Waals surface area contributed by atoms with Gasteiger partial charge in [-0.25, -0.2) is 4.98 Å². The number of nitrogens with one attached hydrogen (secondary N) is 1. The molecule has 6 heteroatoms. The van der Waals surface area contributed by atoms with Crippen LogP contribution in [0.15, 0.2) is 10.4 Å². The highest BCUT2D eigenvalue weighted by atomic mass is 32.1. The van der Waals surface area contributed by atoms with E-state index in [0.29, 0.717) is 24.5 Å². The molecule has 0 radical (unpaired) electrons. The summed E-state index contributed by atoms with van der Waals surface area (Å²) in [5.74, 6) is 0.876. The van der Waals surface area contributed by atoms with Gasteiger partial charge in [-0.05, 0) is 32.9 Å². The smallest absolute Gasteiger partial charge is 0.188 e. The van der Waals surface area contributed by atoms with E-state index in [9.17, 15) is 0 Å². The van der Waals surface area contributed by atoms with Gasteiger partial charge in [0.2, 0.25) is 0 Å². The Morgan fingerprint density at radius 1 is 1.67 bits per heavy atom. The largest absolute Gasteiger partial charge is 0.370 e. The highest BCUT2D eigenvalue weighted by Gasteiger charge is 2.22. The zero-order chi connectivity index (χ0) is 15.2. The minimum absolute atomic E-state index is 0.322. The lowest BCUT2D eigenvalue weighted by Crippen LogP contribution is -2.42. The zero-order valence-electron chi connectivity index (χ0n) is 13.3. The second-order valence-electron chi connectivity index (χ2n) is 5.76. The first-order valence-electron chi connectivity index (χ1n) is 7.80. The Bertz CT molecular complexity index is 470. The molecule has 118 valence electrons. The van der Waals surface area contributed by atoms with Gasteiger partial charge in [-0.15, -0.1) is 11.3 Å². The van der Waals surface area contributed by atoms with Crippen molar-refractivity contribution in [1.82, 2.24) is 15.2 Å². The number of likely N-dealkylation sites (N-methyl/N-ethyl adjacent to an activating group) is 1. The van der Waals surface area contributed by atoms with E-state index in [-0.39, 0.29) is 0 Å². The summed E-state index contributed by atoms with van der Waals surface area (Å²) in [5.41, 5.74) is 7.05. The van der Waals surface area contributed by atoms with Gasteiger partial charge < -0.3 is 11.1 Å². The van der Waals surface area contributed by atoms with Gasteiger partial charge in [-0.1, -0.05) is 13.8 Å². The van der Waals surface area contributed by atoms with Crippen molar-refractivity contribution in [2.45, 2.75) is 45.6 Å². The average molecular weight is 309 g/mol. The quantitative estimate of drug-likeness (QED) is 0.622. The molecule has 0 amide bonds. The van der Waals surface area contributed by atoms with Crippen molar-refractivity contribution < 1.29 is 0 Å². The topological polar surface area (TPSA) is 66.5 Å². The first kappa shape index (κ1) is 16.2. The number of likely N-dealkylation sites (tertiary alicyclic amines) is 1. The van der Waals surface area contributed by atoms with Crippen LogP contribution in [0.2, 0.25) is 0 Å². The third-order valence-corrected chi connectivity index (χ3v) is 5.21. The van der Waals surface area contributed by atoms with Gasteiger partial charge in [0.05, 0.1) is 11.6 Å². The second kappa shape index (κ2) is 7.75. The lowest BCUT2D eigenvalue weighted by molar-refractivity contribution is 0.267. The molecule has 1 aliphatic heterocycles. The summed E-state index contributed by atoms with van der Waals surface area (Å²) in [5, 5.41) is 6.49. The van der Waals surface area contributed by atoms with E-state index in [0.717, 1.165) is 23.8 Å². The molecule has 0 aromatic carbocycles. The summed E-state index contributed by atoms with van der Waals surface area (Å²) in [6.45, 7) is 10.3. The summed E-state index contributed by atoms with van der Waals surface area (Å²) in [7, 11) is 0. The first-order chi connectivity index (χ1) is 10.1. The van der Waals surface area contributed by atoms with Gasteiger partial charge >= 0.3 is 0 Å².